The summed E-state index contributed by atoms with van der Waals surface area (Å²) in [5.41, 5.74) is 5.53. The average molecular weight is 189 g/mol. The van der Waals surface area contributed by atoms with Crippen LogP contribution in [-0.2, 0) is 14.3 Å². The minimum Gasteiger partial charge on any atom is -0.465 e. The summed E-state index contributed by atoms with van der Waals surface area (Å²) in [6.45, 7) is 6.51. The Labute approximate surface area is 79.4 Å². The minimum atomic E-state index is -0.557. The van der Waals surface area contributed by atoms with E-state index in [4.69, 9.17) is 15.2 Å². The minimum absolute atomic E-state index is 0.175. The summed E-state index contributed by atoms with van der Waals surface area (Å²) in [7, 11) is 0. The number of nitrogens with two attached hydrogens (primary N) is 1. The van der Waals surface area contributed by atoms with Crippen LogP contribution < -0.4 is 5.73 Å². The summed E-state index contributed by atoms with van der Waals surface area (Å²) in [6.07, 6.45) is 0.686. The molecule has 0 rings (SSSR count). The molecular weight excluding hydrogens is 170 g/mol. The van der Waals surface area contributed by atoms with Gasteiger partial charge in [-0.1, -0.05) is 0 Å². The Bertz CT molecular complexity index is 148. The van der Waals surface area contributed by atoms with Crippen LogP contribution in [-0.4, -0.2) is 31.3 Å². The molecule has 0 aliphatic heterocycles. The largest absolute Gasteiger partial charge is 0.465 e. The van der Waals surface area contributed by atoms with Crippen molar-refractivity contribution in [1.29, 1.82) is 0 Å². The van der Waals surface area contributed by atoms with E-state index in [-0.39, 0.29) is 12.1 Å². The molecule has 0 aliphatic rings. The fraction of sp³-hybridized carbons (Fsp3) is 0.889. The van der Waals surface area contributed by atoms with Gasteiger partial charge in [0.05, 0.1) is 12.7 Å². The van der Waals surface area contributed by atoms with Gasteiger partial charge in [-0.25, -0.2) is 0 Å². The van der Waals surface area contributed by atoms with Gasteiger partial charge in [0.25, 0.3) is 0 Å². The average Bonchev–Trinajstić information content (AvgIpc) is 2.04. The number of ether oxygens (including phenoxy) is 2. The second-order valence-electron chi connectivity index (χ2n) is 3.07. The summed E-state index contributed by atoms with van der Waals surface area (Å²) < 4.78 is 9.99. The van der Waals surface area contributed by atoms with Gasteiger partial charge in [0.15, 0.2) is 0 Å². The SMILES string of the molecule is CCOC(=O)C(N)CCOC(C)C. The van der Waals surface area contributed by atoms with Crippen LogP contribution in [0.15, 0.2) is 0 Å². The quantitative estimate of drug-likeness (QED) is 0.624. The lowest BCUT2D eigenvalue weighted by atomic mass is 10.2. The third-order valence-electron chi connectivity index (χ3n) is 1.47. The monoisotopic (exact) mass is 189 g/mol. The van der Waals surface area contributed by atoms with Gasteiger partial charge < -0.3 is 15.2 Å². The fourth-order valence-electron chi connectivity index (χ4n) is 0.798. The van der Waals surface area contributed by atoms with E-state index in [1.165, 1.54) is 0 Å². The fourth-order valence-corrected chi connectivity index (χ4v) is 0.798. The number of rotatable bonds is 6. The smallest absolute Gasteiger partial charge is 0.322 e. The first-order valence-corrected chi connectivity index (χ1v) is 4.61. The maximum Gasteiger partial charge on any atom is 0.322 e. The molecular formula is C9H19NO3. The second-order valence-corrected chi connectivity index (χ2v) is 3.07. The lowest BCUT2D eigenvalue weighted by molar-refractivity contribution is -0.145. The van der Waals surface area contributed by atoms with Crippen molar-refractivity contribution in [2.45, 2.75) is 39.3 Å². The molecule has 0 spiro atoms. The molecule has 0 fully saturated rings. The van der Waals surface area contributed by atoms with E-state index in [2.05, 4.69) is 0 Å². The highest BCUT2D eigenvalue weighted by atomic mass is 16.5. The first-order valence-electron chi connectivity index (χ1n) is 4.61. The van der Waals surface area contributed by atoms with Crippen molar-refractivity contribution >= 4 is 5.97 Å². The third-order valence-corrected chi connectivity index (χ3v) is 1.47. The molecule has 4 heteroatoms. The van der Waals surface area contributed by atoms with Crippen LogP contribution in [0.1, 0.15) is 27.2 Å². The lowest BCUT2D eigenvalue weighted by Gasteiger charge is -2.11. The maximum absolute atomic E-state index is 11.0. The molecule has 0 saturated carbocycles. The van der Waals surface area contributed by atoms with E-state index in [9.17, 15) is 4.79 Å². The molecule has 1 atom stereocenters. The molecule has 13 heavy (non-hydrogen) atoms. The molecule has 1 unspecified atom stereocenters. The van der Waals surface area contributed by atoms with Crippen molar-refractivity contribution < 1.29 is 14.3 Å². The summed E-state index contributed by atoms with van der Waals surface area (Å²) in [4.78, 5) is 11.0. The van der Waals surface area contributed by atoms with Crippen LogP contribution in [0, 0.1) is 0 Å². The zero-order chi connectivity index (χ0) is 10.3. The van der Waals surface area contributed by atoms with Gasteiger partial charge in [0, 0.05) is 6.61 Å². The molecule has 0 bridgehead atoms. The van der Waals surface area contributed by atoms with E-state index in [1.807, 2.05) is 13.8 Å². The Morgan fingerprint density at radius 1 is 1.46 bits per heavy atom. The second kappa shape index (κ2) is 6.86. The number of esters is 1. The van der Waals surface area contributed by atoms with E-state index < -0.39 is 6.04 Å². The molecule has 78 valence electrons. The molecule has 0 aliphatic carbocycles. The maximum atomic E-state index is 11.0. The van der Waals surface area contributed by atoms with Gasteiger partial charge in [0.1, 0.15) is 6.04 Å². The molecule has 4 nitrogen and oxygen atoms in total. The predicted molar refractivity (Wildman–Crippen MR) is 50.3 cm³/mol. The van der Waals surface area contributed by atoms with Gasteiger partial charge in [0.2, 0.25) is 0 Å². The molecule has 0 heterocycles. The van der Waals surface area contributed by atoms with Gasteiger partial charge in [-0.3, -0.25) is 4.79 Å². The summed E-state index contributed by atoms with van der Waals surface area (Å²) in [5.74, 6) is -0.352. The number of carbonyl (C=O) groups is 1. The van der Waals surface area contributed by atoms with Crippen LogP contribution in [0.25, 0.3) is 0 Å². The van der Waals surface area contributed by atoms with Crippen molar-refractivity contribution in [3.63, 3.8) is 0 Å². The zero-order valence-corrected chi connectivity index (χ0v) is 8.58. The van der Waals surface area contributed by atoms with Crippen LogP contribution >= 0.6 is 0 Å². The molecule has 0 radical (unpaired) electrons. The molecule has 0 aromatic carbocycles. The van der Waals surface area contributed by atoms with Crippen LogP contribution in [0.2, 0.25) is 0 Å². The standard InChI is InChI=1S/C9H19NO3/c1-4-12-9(11)8(10)5-6-13-7(2)3/h7-8H,4-6,10H2,1-3H3. The normalized spacial score (nSPS) is 13.0. The van der Waals surface area contributed by atoms with Crippen molar-refractivity contribution in [2.75, 3.05) is 13.2 Å². The van der Waals surface area contributed by atoms with Crippen molar-refractivity contribution in [3.05, 3.63) is 0 Å². The van der Waals surface area contributed by atoms with E-state index >= 15 is 0 Å². The Morgan fingerprint density at radius 3 is 2.54 bits per heavy atom. The molecule has 0 aromatic rings. The van der Waals surface area contributed by atoms with Gasteiger partial charge in [-0.15, -0.1) is 0 Å². The third kappa shape index (κ3) is 6.54. The van der Waals surface area contributed by atoms with Crippen LogP contribution in [0.3, 0.4) is 0 Å². The highest BCUT2D eigenvalue weighted by molar-refractivity contribution is 5.75. The first-order chi connectivity index (χ1) is 6.07. The summed E-state index contributed by atoms with van der Waals surface area (Å²) in [6, 6.07) is -0.557. The van der Waals surface area contributed by atoms with E-state index in [0.717, 1.165) is 0 Å². The van der Waals surface area contributed by atoms with Crippen molar-refractivity contribution in [3.8, 4) is 0 Å². The Kier molecular flexibility index (Phi) is 6.54. The van der Waals surface area contributed by atoms with Crippen LogP contribution in [0.5, 0.6) is 0 Å². The number of carbonyl (C=O) groups excluding carboxylic acids is 1. The van der Waals surface area contributed by atoms with Gasteiger partial charge in [-0.2, -0.15) is 0 Å². The van der Waals surface area contributed by atoms with E-state index in [1.54, 1.807) is 6.92 Å². The zero-order valence-electron chi connectivity index (χ0n) is 8.58. The molecule has 2 N–H and O–H groups in total. The Hall–Kier alpha value is -0.610. The Morgan fingerprint density at radius 2 is 2.08 bits per heavy atom. The molecule has 0 amide bonds. The highest BCUT2D eigenvalue weighted by Gasteiger charge is 2.13. The number of hydrogen-bond acceptors (Lipinski definition) is 4. The summed E-state index contributed by atoms with van der Waals surface area (Å²) >= 11 is 0. The number of hydrogen-bond donors (Lipinski definition) is 1. The topological polar surface area (TPSA) is 61.5 Å². The van der Waals surface area contributed by atoms with Gasteiger partial charge in [-0.05, 0) is 27.2 Å². The summed E-state index contributed by atoms with van der Waals surface area (Å²) in [5, 5.41) is 0. The lowest BCUT2D eigenvalue weighted by Crippen LogP contribution is -2.33. The van der Waals surface area contributed by atoms with Crippen molar-refractivity contribution in [1.82, 2.24) is 0 Å². The highest BCUT2D eigenvalue weighted by Crippen LogP contribution is 1.96. The predicted octanol–water partition coefficient (Wildman–Crippen LogP) is 0.692. The molecule has 0 saturated heterocycles. The Balaban J connectivity index is 3.49. The van der Waals surface area contributed by atoms with Crippen LogP contribution in [0.4, 0.5) is 0 Å². The van der Waals surface area contributed by atoms with Crippen molar-refractivity contribution in [2.24, 2.45) is 5.73 Å². The van der Waals surface area contributed by atoms with E-state index in [0.29, 0.717) is 19.6 Å². The molecule has 0 aromatic heterocycles. The first kappa shape index (κ1) is 12.4. The van der Waals surface area contributed by atoms with Gasteiger partial charge >= 0.3 is 5.97 Å².